The van der Waals surface area contributed by atoms with Crippen molar-refractivity contribution in [3.8, 4) is 29.6 Å². The molecule has 0 unspecified atom stereocenters. The van der Waals surface area contributed by atoms with Crippen LogP contribution in [0.3, 0.4) is 0 Å². The van der Waals surface area contributed by atoms with Crippen molar-refractivity contribution in [1.29, 1.82) is 0 Å². The van der Waals surface area contributed by atoms with Crippen molar-refractivity contribution in [1.82, 2.24) is 30.1 Å². The molecule has 2 aromatic heterocycles. The van der Waals surface area contributed by atoms with Gasteiger partial charge in [-0.2, -0.15) is 9.97 Å². The van der Waals surface area contributed by atoms with E-state index < -0.39 is 29.4 Å². The lowest BCUT2D eigenvalue weighted by molar-refractivity contribution is 0.0459. The molecule has 5 aliphatic rings. The number of terminal acetylenes is 1. The molecule has 5 aliphatic heterocycles. The summed E-state index contributed by atoms with van der Waals surface area (Å²) < 4.78 is 57.7. The minimum atomic E-state index is -1.01. The van der Waals surface area contributed by atoms with Crippen LogP contribution >= 0.6 is 0 Å². The molecule has 5 atom stereocenters. The molecule has 7 heterocycles. The van der Waals surface area contributed by atoms with Crippen LogP contribution in [0.1, 0.15) is 44.1 Å². The maximum Gasteiger partial charge on any atom is 0.409 e. The number of nitrogens with zero attached hydrogens (tertiary/aromatic N) is 6. The van der Waals surface area contributed by atoms with Crippen LogP contribution in [0.4, 0.5) is 23.8 Å². The highest BCUT2D eigenvalue weighted by molar-refractivity contribution is 6.02. The van der Waals surface area contributed by atoms with Gasteiger partial charge < -0.3 is 24.6 Å². The number of carbonyl (C=O) groups excluding carboxylic acids is 1. The van der Waals surface area contributed by atoms with Gasteiger partial charge in [0, 0.05) is 61.5 Å². The molecule has 274 valence electrons. The number of halogens is 3. The lowest BCUT2D eigenvalue weighted by Gasteiger charge is -2.35. The van der Waals surface area contributed by atoms with Crippen LogP contribution in [0.15, 0.2) is 48.7 Å². The van der Waals surface area contributed by atoms with Crippen LogP contribution in [-0.4, -0.2) is 107 Å². The Hall–Kier alpha value is -4.93. The molecule has 0 radical (unpaired) electrons. The fourth-order valence-electron chi connectivity index (χ4n) is 9.27. The largest absolute Gasteiger partial charge is 0.461 e. The highest BCUT2D eigenvalue weighted by Gasteiger charge is 2.51. The van der Waals surface area contributed by atoms with Gasteiger partial charge in [-0.1, -0.05) is 42.3 Å². The SMILES string of the molecule is C#Cc1c(F)ccc2cccc(-c3ncc4c(N5C[C@H]6CC[C@@H](C5)N6)nc(OC[C@@]56CC[C@@H](COC(=O)N7CC[C@H](F)C7)N5CC(=C)C6)nc4c3F)c12. The number of piperazine rings is 1. The highest BCUT2D eigenvalue weighted by Crippen LogP contribution is 2.45. The predicted octanol–water partition coefficient (Wildman–Crippen LogP) is 5.77. The summed E-state index contributed by atoms with van der Waals surface area (Å²) in [5.41, 5.74) is 1.07. The number of carbonyl (C=O) groups is 1. The molecule has 2 aromatic carbocycles. The molecule has 1 amide bonds. The maximum absolute atomic E-state index is 17.0. The number of aromatic nitrogens is 3. The molecule has 4 aromatic rings. The normalized spacial score (nSPS) is 26.8. The number of fused-ring (bicyclic) bond motifs is 5. The average Bonchev–Trinajstić information content (AvgIpc) is 3.92. The van der Waals surface area contributed by atoms with Gasteiger partial charge >= 0.3 is 12.1 Å². The molecular formula is C40H40F3N7O3. The number of anilines is 1. The van der Waals surface area contributed by atoms with Crippen molar-refractivity contribution in [3.05, 3.63) is 65.9 Å². The Labute approximate surface area is 305 Å². The minimum Gasteiger partial charge on any atom is -0.461 e. The van der Waals surface area contributed by atoms with E-state index in [4.69, 9.17) is 20.9 Å². The van der Waals surface area contributed by atoms with Crippen LogP contribution in [0.2, 0.25) is 0 Å². The molecule has 5 fully saturated rings. The van der Waals surface area contributed by atoms with E-state index in [0.29, 0.717) is 78.6 Å². The molecule has 53 heavy (non-hydrogen) atoms. The Bertz CT molecular complexity index is 2180. The second-order valence-corrected chi connectivity index (χ2v) is 15.2. The molecule has 5 saturated heterocycles. The minimum absolute atomic E-state index is 0.00203. The maximum atomic E-state index is 17.0. The number of nitrogens with one attached hydrogen (secondary N) is 1. The molecule has 10 nitrogen and oxygen atoms in total. The van der Waals surface area contributed by atoms with Crippen molar-refractivity contribution in [2.75, 3.05) is 50.8 Å². The molecular weight excluding hydrogens is 683 g/mol. The monoisotopic (exact) mass is 723 g/mol. The first-order valence-corrected chi connectivity index (χ1v) is 18.4. The van der Waals surface area contributed by atoms with E-state index >= 15 is 4.39 Å². The Morgan fingerprint density at radius 1 is 1.09 bits per heavy atom. The predicted molar refractivity (Wildman–Crippen MR) is 194 cm³/mol. The van der Waals surface area contributed by atoms with Crippen LogP contribution in [0, 0.1) is 24.0 Å². The summed E-state index contributed by atoms with van der Waals surface area (Å²) in [6.45, 7) is 7.12. The average molecular weight is 724 g/mol. The number of rotatable bonds is 7. The first kappa shape index (κ1) is 33.9. The van der Waals surface area contributed by atoms with Crippen LogP contribution < -0.4 is 15.0 Å². The molecule has 13 heteroatoms. The molecule has 2 bridgehead atoms. The molecule has 0 saturated carbocycles. The third kappa shape index (κ3) is 5.92. The van der Waals surface area contributed by atoms with E-state index in [9.17, 15) is 13.6 Å². The summed E-state index contributed by atoms with van der Waals surface area (Å²) in [7, 11) is 0. The number of alkyl halides is 1. The van der Waals surface area contributed by atoms with Gasteiger partial charge in [0.25, 0.3) is 0 Å². The van der Waals surface area contributed by atoms with Crippen molar-refractivity contribution >= 4 is 33.6 Å². The molecule has 0 aliphatic carbocycles. The van der Waals surface area contributed by atoms with Gasteiger partial charge in [-0.3, -0.25) is 9.88 Å². The quantitative estimate of drug-likeness (QED) is 0.189. The third-order valence-corrected chi connectivity index (χ3v) is 11.8. The van der Waals surface area contributed by atoms with Crippen LogP contribution in [0.25, 0.3) is 32.9 Å². The van der Waals surface area contributed by atoms with Gasteiger partial charge in [-0.25, -0.2) is 18.0 Å². The van der Waals surface area contributed by atoms with E-state index in [1.807, 2.05) is 0 Å². The van der Waals surface area contributed by atoms with Crippen molar-refractivity contribution in [2.24, 2.45) is 0 Å². The van der Waals surface area contributed by atoms with E-state index in [1.165, 1.54) is 11.0 Å². The topological polar surface area (TPSA) is 96.0 Å². The first-order chi connectivity index (χ1) is 25.7. The zero-order valence-corrected chi connectivity index (χ0v) is 29.3. The Balaban J connectivity index is 1.05. The lowest BCUT2D eigenvalue weighted by atomic mass is 9.94. The van der Waals surface area contributed by atoms with E-state index in [1.54, 1.807) is 30.5 Å². The van der Waals surface area contributed by atoms with E-state index in [-0.39, 0.29) is 48.6 Å². The van der Waals surface area contributed by atoms with Crippen molar-refractivity contribution < 1.29 is 27.4 Å². The summed E-state index contributed by atoms with van der Waals surface area (Å²) in [6.07, 6.45) is 10.5. The number of hydrogen-bond acceptors (Lipinski definition) is 9. The second kappa shape index (κ2) is 13.2. The molecule has 9 rings (SSSR count). The van der Waals surface area contributed by atoms with Gasteiger partial charge in [-0.15, -0.1) is 6.42 Å². The number of amides is 1. The Kier molecular flexibility index (Phi) is 8.42. The van der Waals surface area contributed by atoms with Gasteiger partial charge in [0.2, 0.25) is 0 Å². The van der Waals surface area contributed by atoms with Gasteiger partial charge in [0.05, 0.1) is 23.0 Å². The summed E-state index contributed by atoms with van der Waals surface area (Å²) in [5, 5.41) is 5.16. The first-order valence-electron chi connectivity index (χ1n) is 18.4. The fraction of sp³-hybridized carbons (Fsp3) is 0.450. The molecule has 1 N–H and O–H groups in total. The zero-order valence-electron chi connectivity index (χ0n) is 29.3. The number of hydrogen-bond donors (Lipinski definition) is 1. The smallest absolute Gasteiger partial charge is 0.409 e. The summed E-state index contributed by atoms with van der Waals surface area (Å²) in [6, 6.07) is 8.74. The summed E-state index contributed by atoms with van der Waals surface area (Å²) in [5.74, 6) is 1.74. The van der Waals surface area contributed by atoms with Crippen molar-refractivity contribution in [2.45, 2.75) is 68.4 Å². The second-order valence-electron chi connectivity index (χ2n) is 15.2. The van der Waals surface area contributed by atoms with E-state index in [2.05, 4.69) is 37.6 Å². The molecule has 0 spiro atoms. The van der Waals surface area contributed by atoms with Crippen LogP contribution in [-0.2, 0) is 4.74 Å². The zero-order chi connectivity index (χ0) is 36.4. The number of pyridine rings is 1. The van der Waals surface area contributed by atoms with Crippen molar-refractivity contribution in [3.63, 3.8) is 0 Å². The summed E-state index contributed by atoms with van der Waals surface area (Å²) >= 11 is 0. The fourth-order valence-corrected chi connectivity index (χ4v) is 9.27. The number of ether oxygens (including phenoxy) is 2. The van der Waals surface area contributed by atoms with Gasteiger partial charge in [0.15, 0.2) is 5.82 Å². The number of benzene rings is 2. The van der Waals surface area contributed by atoms with E-state index in [0.717, 1.165) is 31.3 Å². The Morgan fingerprint density at radius 2 is 1.92 bits per heavy atom. The third-order valence-electron chi connectivity index (χ3n) is 11.8. The summed E-state index contributed by atoms with van der Waals surface area (Å²) in [4.78, 5) is 32.7. The van der Waals surface area contributed by atoms with Crippen LogP contribution in [0.5, 0.6) is 6.01 Å². The van der Waals surface area contributed by atoms with Gasteiger partial charge in [-0.05, 0) is 50.0 Å². The standard InChI is InChI=1S/C40H40F3N7O3/c1-3-29-32(42)10-7-24-5-4-6-30(33(24)29)35-34(43)36-31(16-44-35)37(49-19-26-8-9-27(20-49)45-26)47-38(46-36)53-22-40-13-11-28(50(40)17-23(2)15-40)21-52-39(51)48-14-12-25(41)18-48/h1,4-7,10,16,25-28,45H,2,8-9,11-15,17-22H2/t25-,26-,27+,28-,40-/m0/s1. The highest BCUT2D eigenvalue weighted by atomic mass is 19.1. The lowest BCUT2D eigenvalue weighted by Crippen LogP contribution is -2.51. The number of likely N-dealkylation sites (tertiary alicyclic amines) is 1. The Morgan fingerprint density at radius 3 is 2.70 bits per heavy atom. The van der Waals surface area contributed by atoms with Gasteiger partial charge in [0.1, 0.15) is 42.2 Å².